The van der Waals surface area contributed by atoms with E-state index in [0.717, 1.165) is 22.6 Å². The van der Waals surface area contributed by atoms with E-state index in [1.54, 1.807) is 24.1 Å². The topological polar surface area (TPSA) is 55.6 Å². The molecular weight excluding hydrogens is 264 g/mol. The second-order valence-corrected chi connectivity index (χ2v) is 5.05. The molecule has 0 aliphatic carbocycles. The van der Waals surface area contributed by atoms with Crippen molar-refractivity contribution in [2.75, 3.05) is 24.3 Å². The van der Waals surface area contributed by atoms with E-state index in [2.05, 4.69) is 0 Å². The number of rotatable bonds is 4. The van der Waals surface area contributed by atoms with Crippen LogP contribution in [-0.2, 0) is 4.79 Å². The molecule has 0 atom stereocenters. The largest absolute Gasteiger partial charge is 0.483 e. The van der Waals surface area contributed by atoms with Crippen molar-refractivity contribution >= 4 is 17.3 Å². The molecule has 0 aliphatic rings. The number of benzene rings is 2. The number of carbonyl (C=O) groups excluding carboxylic acids is 1. The molecule has 21 heavy (non-hydrogen) atoms. The summed E-state index contributed by atoms with van der Waals surface area (Å²) in [5.74, 6) is 0.666. The van der Waals surface area contributed by atoms with E-state index in [-0.39, 0.29) is 12.5 Å². The Morgan fingerprint density at radius 3 is 2.24 bits per heavy atom. The second-order valence-electron chi connectivity index (χ2n) is 5.05. The van der Waals surface area contributed by atoms with E-state index in [9.17, 15) is 4.79 Å². The number of aryl methyl sites for hydroxylation is 2. The Labute approximate surface area is 125 Å². The Bertz CT molecular complexity index is 615. The number of likely N-dealkylation sites (N-methyl/N-ethyl adjacent to an activating group) is 1. The molecule has 0 aromatic heterocycles. The van der Waals surface area contributed by atoms with E-state index in [0.29, 0.717) is 5.69 Å². The van der Waals surface area contributed by atoms with Crippen LogP contribution in [-0.4, -0.2) is 19.6 Å². The zero-order valence-electron chi connectivity index (χ0n) is 12.6. The van der Waals surface area contributed by atoms with Crippen LogP contribution in [0.4, 0.5) is 11.4 Å². The average molecular weight is 284 g/mol. The highest BCUT2D eigenvalue weighted by Crippen LogP contribution is 2.22. The standard InChI is InChI=1S/C17H20N2O2/c1-12-5-4-6-13(2)17(12)21-11-16(20)19(3)15-9-7-14(18)8-10-15/h4-10H,11,18H2,1-3H3. The molecular formula is C17H20N2O2. The number of carbonyl (C=O) groups is 1. The number of nitrogen functional groups attached to an aromatic ring is 1. The number of hydrogen-bond acceptors (Lipinski definition) is 3. The van der Waals surface area contributed by atoms with Gasteiger partial charge in [-0.1, -0.05) is 18.2 Å². The molecule has 4 nitrogen and oxygen atoms in total. The molecule has 0 saturated heterocycles. The minimum atomic E-state index is -0.109. The smallest absolute Gasteiger partial charge is 0.264 e. The fourth-order valence-electron chi connectivity index (χ4n) is 2.10. The summed E-state index contributed by atoms with van der Waals surface area (Å²) in [5, 5.41) is 0. The molecule has 2 aromatic carbocycles. The number of amides is 1. The summed E-state index contributed by atoms with van der Waals surface area (Å²) in [6.45, 7) is 3.94. The van der Waals surface area contributed by atoms with E-state index < -0.39 is 0 Å². The van der Waals surface area contributed by atoms with Gasteiger partial charge in [-0.05, 0) is 49.2 Å². The van der Waals surface area contributed by atoms with Gasteiger partial charge in [-0.15, -0.1) is 0 Å². The van der Waals surface area contributed by atoms with Crippen molar-refractivity contribution in [3.05, 3.63) is 53.6 Å². The molecule has 0 spiro atoms. The van der Waals surface area contributed by atoms with Gasteiger partial charge in [-0.2, -0.15) is 0 Å². The van der Waals surface area contributed by atoms with Crippen molar-refractivity contribution in [2.45, 2.75) is 13.8 Å². The van der Waals surface area contributed by atoms with Gasteiger partial charge in [0, 0.05) is 18.4 Å². The molecule has 0 unspecified atom stereocenters. The first kappa shape index (κ1) is 14.9. The number of ether oxygens (including phenoxy) is 1. The second kappa shape index (κ2) is 6.31. The molecule has 0 radical (unpaired) electrons. The van der Waals surface area contributed by atoms with Gasteiger partial charge in [-0.3, -0.25) is 4.79 Å². The molecule has 2 rings (SSSR count). The summed E-state index contributed by atoms with van der Waals surface area (Å²) < 4.78 is 5.68. The summed E-state index contributed by atoms with van der Waals surface area (Å²) in [6, 6.07) is 13.1. The van der Waals surface area contributed by atoms with Crippen LogP contribution in [0.1, 0.15) is 11.1 Å². The SMILES string of the molecule is Cc1cccc(C)c1OCC(=O)N(C)c1ccc(N)cc1. The lowest BCUT2D eigenvalue weighted by molar-refractivity contribution is -0.120. The van der Waals surface area contributed by atoms with Crippen LogP contribution < -0.4 is 15.4 Å². The first-order chi connectivity index (χ1) is 9.99. The monoisotopic (exact) mass is 284 g/mol. The molecule has 2 aromatic rings. The molecule has 0 bridgehead atoms. The van der Waals surface area contributed by atoms with Crippen molar-refractivity contribution in [1.82, 2.24) is 0 Å². The normalized spacial score (nSPS) is 10.2. The number of nitrogens with two attached hydrogens (primary N) is 1. The average Bonchev–Trinajstić information content (AvgIpc) is 2.46. The Morgan fingerprint density at radius 2 is 1.67 bits per heavy atom. The molecule has 2 N–H and O–H groups in total. The minimum Gasteiger partial charge on any atom is -0.483 e. The van der Waals surface area contributed by atoms with Gasteiger partial charge in [0.1, 0.15) is 5.75 Å². The van der Waals surface area contributed by atoms with Gasteiger partial charge in [0.05, 0.1) is 0 Å². The summed E-state index contributed by atoms with van der Waals surface area (Å²) in [6.07, 6.45) is 0. The molecule has 0 fully saturated rings. The van der Waals surface area contributed by atoms with Crippen molar-refractivity contribution in [3.63, 3.8) is 0 Å². The highest BCUT2D eigenvalue weighted by Gasteiger charge is 2.13. The molecule has 1 amide bonds. The third kappa shape index (κ3) is 3.54. The first-order valence-electron chi connectivity index (χ1n) is 6.80. The number of nitrogens with zero attached hydrogens (tertiary/aromatic N) is 1. The van der Waals surface area contributed by atoms with Gasteiger partial charge in [-0.25, -0.2) is 0 Å². The third-order valence-electron chi connectivity index (χ3n) is 3.40. The Kier molecular flexibility index (Phi) is 4.48. The minimum absolute atomic E-state index is 0.00652. The fraction of sp³-hybridized carbons (Fsp3) is 0.235. The number of hydrogen-bond donors (Lipinski definition) is 1. The highest BCUT2D eigenvalue weighted by atomic mass is 16.5. The summed E-state index contributed by atoms with van der Waals surface area (Å²) in [7, 11) is 1.72. The molecule has 110 valence electrons. The van der Waals surface area contributed by atoms with Crippen molar-refractivity contribution in [1.29, 1.82) is 0 Å². The Hall–Kier alpha value is -2.49. The van der Waals surface area contributed by atoms with Gasteiger partial charge in [0.2, 0.25) is 0 Å². The van der Waals surface area contributed by atoms with Gasteiger partial charge in [0.25, 0.3) is 5.91 Å². The Balaban J connectivity index is 2.03. The van der Waals surface area contributed by atoms with Crippen LogP contribution in [0, 0.1) is 13.8 Å². The lowest BCUT2D eigenvalue weighted by Crippen LogP contribution is -2.31. The maximum Gasteiger partial charge on any atom is 0.264 e. The maximum absolute atomic E-state index is 12.2. The molecule has 0 saturated carbocycles. The molecule has 0 heterocycles. The number of anilines is 2. The molecule has 0 aliphatic heterocycles. The van der Waals surface area contributed by atoms with Gasteiger partial charge in [0.15, 0.2) is 6.61 Å². The summed E-state index contributed by atoms with van der Waals surface area (Å²) >= 11 is 0. The Morgan fingerprint density at radius 1 is 1.10 bits per heavy atom. The predicted molar refractivity (Wildman–Crippen MR) is 85.7 cm³/mol. The predicted octanol–water partition coefficient (Wildman–Crippen LogP) is 2.93. The zero-order valence-corrected chi connectivity index (χ0v) is 12.6. The van der Waals surface area contributed by atoms with Crippen LogP contribution >= 0.6 is 0 Å². The maximum atomic E-state index is 12.2. The summed E-state index contributed by atoms with van der Waals surface area (Å²) in [5.41, 5.74) is 9.16. The van der Waals surface area contributed by atoms with Gasteiger partial charge >= 0.3 is 0 Å². The highest BCUT2D eigenvalue weighted by molar-refractivity contribution is 5.94. The third-order valence-corrected chi connectivity index (χ3v) is 3.40. The van der Waals surface area contributed by atoms with E-state index in [1.165, 1.54) is 0 Å². The van der Waals surface area contributed by atoms with Crippen LogP contribution in [0.2, 0.25) is 0 Å². The van der Waals surface area contributed by atoms with E-state index in [1.807, 2.05) is 44.2 Å². The quantitative estimate of drug-likeness (QED) is 0.878. The van der Waals surface area contributed by atoms with E-state index in [4.69, 9.17) is 10.5 Å². The molecule has 4 heteroatoms. The fourth-order valence-corrected chi connectivity index (χ4v) is 2.10. The summed E-state index contributed by atoms with van der Waals surface area (Å²) in [4.78, 5) is 13.8. The van der Waals surface area contributed by atoms with Crippen LogP contribution in [0.15, 0.2) is 42.5 Å². The van der Waals surface area contributed by atoms with Crippen LogP contribution in [0.25, 0.3) is 0 Å². The first-order valence-corrected chi connectivity index (χ1v) is 6.80. The van der Waals surface area contributed by atoms with E-state index >= 15 is 0 Å². The van der Waals surface area contributed by atoms with Crippen molar-refractivity contribution in [3.8, 4) is 5.75 Å². The van der Waals surface area contributed by atoms with Crippen LogP contribution in [0.5, 0.6) is 5.75 Å². The number of para-hydroxylation sites is 1. The zero-order chi connectivity index (χ0) is 15.4. The lowest BCUT2D eigenvalue weighted by atomic mass is 10.1. The van der Waals surface area contributed by atoms with Crippen molar-refractivity contribution < 1.29 is 9.53 Å². The van der Waals surface area contributed by atoms with Crippen LogP contribution in [0.3, 0.4) is 0 Å². The lowest BCUT2D eigenvalue weighted by Gasteiger charge is -2.19. The van der Waals surface area contributed by atoms with Gasteiger partial charge < -0.3 is 15.4 Å². The van der Waals surface area contributed by atoms with Crippen molar-refractivity contribution in [2.24, 2.45) is 0 Å².